The number of aromatic amines is 1. The standard InChI is InChI=1S/C15H17F3N4O3/c1-8-19-11-5-4-9(6-10(11)12(23)20-8)21-13(24)14(25,7-22(2)3)15(16,17)18/h4-6,25H,7H2,1-3H3,(H,21,24)(H,19,20,23). The van der Waals surface area contributed by atoms with E-state index in [-0.39, 0.29) is 11.1 Å². The predicted molar refractivity (Wildman–Crippen MR) is 85.3 cm³/mol. The zero-order valence-corrected chi connectivity index (χ0v) is 13.7. The van der Waals surface area contributed by atoms with Crippen LogP contribution >= 0.6 is 0 Å². The van der Waals surface area contributed by atoms with Crippen LogP contribution in [0.5, 0.6) is 0 Å². The van der Waals surface area contributed by atoms with Crippen molar-refractivity contribution >= 4 is 22.5 Å². The van der Waals surface area contributed by atoms with E-state index in [9.17, 15) is 27.9 Å². The van der Waals surface area contributed by atoms with Crippen molar-refractivity contribution in [3.05, 3.63) is 34.4 Å². The number of halogens is 3. The number of aryl methyl sites for hydroxylation is 1. The maximum absolute atomic E-state index is 13.2. The average molecular weight is 358 g/mol. The van der Waals surface area contributed by atoms with Crippen LogP contribution in [0.15, 0.2) is 23.0 Å². The smallest absolute Gasteiger partial charge is 0.372 e. The Morgan fingerprint density at radius 2 is 2.00 bits per heavy atom. The molecule has 2 rings (SSSR count). The SMILES string of the molecule is Cc1nc2ccc(NC(=O)C(O)(CN(C)C)C(F)(F)F)cc2c(=O)[nH]1. The number of amides is 1. The van der Waals surface area contributed by atoms with Gasteiger partial charge in [-0.2, -0.15) is 13.2 Å². The molecule has 136 valence electrons. The number of hydrogen-bond donors (Lipinski definition) is 3. The lowest BCUT2D eigenvalue weighted by Gasteiger charge is -2.31. The van der Waals surface area contributed by atoms with Crippen LogP contribution in [0.4, 0.5) is 18.9 Å². The normalized spacial score (nSPS) is 14.6. The zero-order valence-electron chi connectivity index (χ0n) is 13.7. The van der Waals surface area contributed by atoms with E-state index >= 15 is 0 Å². The fraction of sp³-hybridized carbons (Fsp3) is 0.400. The summed E-state index contributed by atoms with van der Waals surface area (Å²) in [7, 11) is 2.60. The maximum atomic E-state index is 13.2. The van der Waals surface area contributed by atoms with Gasteiger partial charge in [-0.15, -0.1) is 0 Å². The fourth-order valence-electron chi connectivity index (χ4n) is 2.32. The Morgan fingerprint density at radius 1 is 1.36 bits per heavy atom. The number of aliphatic hydroxyl groups is 1. The number of anilines is 1. The molecule has 7 nitrogen and oxygen atoms in total. The minimum absolute atomic E-state index is 0.0601. The Hall–Kier alpha value is -2.46. The van der Waals surface area contributed by atoms with Gasteiger partial charge in [0, 0.05) is 12.2 Å². The van der Waals surface area contributed by atoms with Crippen molar-refractivity contribution < 1.29 is 23.1 Å². The summed E-state index contributed by atoms with van der Waals surface area (Å²) in [5, 5.41) is 12.0. The monoisotopic (exact) mass is 358 g/mol. The molecule has 0 bridgehead atoms. The lowest BCUT2D eigenvalue weighted by atomic mass is 10.0. The van der Waals surface area contributed by atoms with Gasteiger partial charge < -0.3 is 20.3 Å². The molecule has 1 atom stereocenters. The van der Waals surface area contributed by atoms with E-state index in [0.717, 1.165) is 4.90 Å². The summed E-state index contributed by atoms with van der Waals surface area (Å²) in [5.41, 5.74) is -3.81. The number of H-pyrrole nitrogens is 1. The third kappa shape index (κ3) is 3.80. The lowest BCUT2D eigenvalue weighted by molar-refractivity contribution is -0.252. The number of nitrogens with zero attached hydrogens (tertiary/aromatic N) is 2. The van der Waals surface area contributed by atoms with Gasteiger partial charge in [0.15, 0.2) is 0 Å². The third-order valence-corrected chi connectivity index (χ3v) is 3.47. The molecule has 1 heterocycles. The van der Waals surface area contributed by atoms with Gasteiger partial charge in [-0.05, 0) is 39.2 Å². The highest BCUT2D eigenvalue weighted by Crippen LogP contribution is 2.32. The molecule has 2 aromatic rings. The van der Waals surface area contributed by atoms with Crippen LogP contribution in [0, 0.1) is 6.92 Å². The lowest BCUT2D eigenvalue weighted by Crippen LogP contribution is -2.60. The summed E-state index contributed by atoms with van der Waals surface area (Å²) >= 11 is 0. The molecule has 1 aromatic heterocycles. The predicted octanol–water partition coefficient (Wildman–Crippen LogP) is 1.03. The first-order valence-electron chi connectivity index (χ1n) is 7.20. The zero-order chi connectivity index (χ0) is 19.0. The minimum Gasteiger partial charge on any atom is -0.372 e. The van der Waals surface area contributed by atoms with E-state index in [2.05, 4.69) is 9.97 Å². The van der Waals surface area contributed by atoms with Gasteiger partial charge in [0.25, 0.3) is 17.1 Å². The number of carbonyl (C=O) groups is 1. The Morgan fingerprint density at radius 3 is 2.56 bits per heavy atom. The summed E-state index contributed by atoms with van der Waals surface area (Å²) in [6.45, 7) is 0.637. The molecule has 0 saturated heterocycles. The maximum Gasteiger partial charge on any atom is 0.427 e. The van der Waals surface area contributed by atoms with Crippen LogP contribution in [0.3, 0.4) is 0 Å². The number of fused-ring (bicyclic) bond motifs is 1. The van der Waals surface area contributed by atoms with Crippen molar-refractivity contribution in [2.45, 2.75) is 18.7 Å². The fourth-order valence-corrected chi connectivity index (χ4v) is 2.32. The van der Waals surface area contributed by atoms with Crippen molar-refractivity contribution in [1.82, 2.24) is 14.9 Å². The van der Waals surface area contributed by atoms with Crippen LogP contribution in [0.2, 0.25) is 0 Å². The second-order valence-corrected chi connectivity index (χ2v) is 5.93. The molecular formula is C15H17F3N4O3. The average Bonchev–Trinajstić information content (AvgIpc) is 2.45. The number of rotatable bonds is 4. The minimum atomic E-state index is -5.17. The first kappa shape index (κ1) is 18.9. The molecule has 0 aliphatic rings. The molecule has 0 fully saturated rings. The quantitative estimate of drug-likeness (QED) is 0.758. The molecular weight excluding hydrogens is 341 g/mol. The number of aromatic nitrogens is 2. The molecule has 3 N–H and O–H groups in total. The number of carbonyl (C=O) groups excluding carboxylic acids is 1. The van der Waals surface area contributed by atoms with Crippen molar-refractivity contribution in [1.29, 1.82) is 0 Å². The molecule has 0 aliphatic carbocycles. The highest BCUT2D eigenvalue weighted by atomic mass is 19.4. The van der Waals surface area contributed by atoms with E-state index in [1.54, 1.807) is 6.92 Å². The number of likely N-dealkylation sites (N-methyl/N-ethyl adjacent to an activating group) is 1. The Bertz CT molecular complexity index is 863. The second kappa shape index (κ2) is 6.45. The number of benzene rings is 1. The molecule has 0 saturated carbocycles. The summed E-state index contributed by atoms with van der Waals surface area (Å²) in [5.74, 6) is -1.25. The molecule has 0 spiro atoms. The molecule has 10 heteroatoms. The van der Waals surface area contributed by atoms with E-state index in [1.165, 1.54) is 32.3 Å². The van der Waals surface area contributed by atoms with E-state index in [0.29, 0.717) is 11.3 Å². The van der Waals surface area contributed by atoms with E-state index in [4.69, 9.17) is 0 Å². The largest absolute Gasteiger partial charge is 0.427 e. The van der Waals surface area contributed by atoms with Gasteiger partial charge in [0.1, 0.15) is 5.82 Å². The van der Waals surface area contributed by atoms with Crippen molar-refractivity contribution in [2.24, 2.45) is 0 Å². The van der Waals surface area contributed by atoms with E-state index in [1.807, 2.05) is 5.32 Å². The molecule has 1 unspecified atom stereocenters. The molecule has 1 amide bonds. The molecule has 1 aromatic carbocycles. The van der Waals surface area contributed by atoms with Crippen molar-refractivity contribution in [2.75, 3.05) is 26.0 Å². The number of hydrogen-bond acceptors (Lipinski definition) is 5. The molecule has 25 heavy (non-hydrogen) atoms. The summed E-state index contributed by atoms with van der Waals surface area (Å²) in [6.07, 6.45) is -5.17. The second-order valence-electron chi connectivity index (χ2n) is 5.93. The highest BCUT2D eigenvalue weighted by molar-refractivity contribution is 5.99. The van der Waals surface area contributed by atoms with E-state index < -0.39 is 29.8 Å². The van der Waals surface area contributed by atoms with Gasteiger partial charge in [-0.1, -0.05) is 0 Å². The Labute approximate surface area is 140 Å². The van der Waals surface area contributed by atoms with Crippen LogP contribution < -0.4 is 10.9 Å². The number of alkyl halides is 3. The summed E-state index contributed by atoms with van der Waals surface area (Å²) in [4.78, 5) is 31.6. The van der Waals surface area contributed by atoms with Crippen molar-refractivity contribution in [3.63, 3.8) is 0 Å². The van der Waals surface area contributed by atoms with Crippen molar-refractivity contribution in [3.8, 4) is 0 Å². The van der Waals surface area contributed by atoms with Gasteiger partial charge >= 0.3 is 6.18 Å². The van der Waals surface area contributed by atoms with Crippen LogP contribution in [-0.4, -0.2) is 58.3 Å². The van der Waals surface area contributed by atoms with Gasteiger partial charge in [0.2, 0.25) is 0 Å². The van der Waals surface area contributed by atoms with Gasteiger partial charge in [0.05, 0.1) is 10.9 Å². The Balaban J connectivity index is 2.39. The summed E-state index contributed by atoms with van der Waals surface area (Å²) < 4.78 is 39.5. The highest BCUT2D eigenvalue weighted by Gasteiger charge is 2.59. The molecule has 0 aliphatic heterocycles. The molecule has 0 radical (unpaired) electrons. The summed E-state index contributed by atoms with van der Waals surface area (Å²) in [6, 6.07) is 3.90. The first-order valence-corrected chi connectivity index (χ1v) is 7.20. The van der Waals surface area contributed by atoms with Gasteiger partial charge in [-0.3, -0.25) is 9.59 Å². The van der Waals surface area contributed by atoms with Crippen LogP contribution in [0.1, 0.15) is 5.82 Å². The first-order chi connectivity index (χ1) is 11.4. The Kier molecular flexibility index (Phi) is 4.87. The number of nitrogens with one attached hydrogen (secondary N) is 2. The van der Waals surface area contributed by atoms with Gasteiger partial charge in [-0.25, -0.2) is 4.98 Å². The third-order valence-electron chi connectivity index (χ3n) is 3.47. The van der Waals surface area contributed by atoms with Crippen LogP contribution in [-0.2, 0) is 4.79 Å². The topological polar surface area (TPSA) is 98.3 Å². The van der Waals surface area contributed by atoms with Crippen LogP contribution in [0.25, 0.3) is 10.9 Å².